The van der Waals surface area contributed by atoms with E-state index in [0.29, 0.717) is 0 Å². The summed E-state index contributed by atoms with van der Waals surface area (Å²) in [5, 5.41) is 13.1. The van der Waals surface area contributed by atoms with Crippen LogP contribution >= 0.6 is 0 Å². The average molecular weight is 239 g/mol. The minimum absolute atomic E-state index is 0.0623. The fraction of sp³-hybridized carbons (Fsp3) is 0.667. The second-order valence-electron chi connectivity index (χ2n) is 4.31. The van der Waals surface area contributed by atoms with Crippen LogP contribution in [0.15, 0.2) is 12.4 Å². The van der Waals surface area contributed by atoms with Crippen LogP contribution in [0.25, 0.3) is 0 Å². The van der Waals surface area contributed by atoms with Gasteiger partial charge in [0.15, 0.2) is 0 Å². The van der Waals surface area contributed by atoms with Crippen molar-refractivity contribution < 1.29 is 9.90 Å². The lowest BCUT2D eigenvalue weighted by atomic mass is 9.90. The van der Waals surface area contributed by atoms with Gasteiger partial charge >= 0.3 is 5.97 Å². The van der Waals surface area contributed by atoms with Gasteiger partial charge in [-0.05, 0) is 18.4 Å². The standard InChI is InChI=1S/C12H21N3O2/c1-3-5-15-8-9(7-14-15)10(6-12(16)17)11(13)4-2/h7-8,10-11H,3-6,13H2,1-2H3,(H,16,17). The van der Waals surface area contributed by atoms with Crippen molar-refractivity contribution in [3.8, 4) is 0 Å². The van der Waals surface area contributed by atoms with Crippen LogP contribution in [-0.4, -0.2) is 26.9 Å². The molecule has 0 aliphatic rings. The summed E-state index contributed by atoms with van der Waals surface area (Å²) < 4.78 is 1.84. The summed E-state index contributed by atoms with van der Waals surface area (Å²) in [6.07, 6.45) is 5.47. The van der Waals surface area contributed by atoms with Crippen LogP contribution in [0.3, 0.4) is 0 Å². The third-order valence-electron chi connectivity index (χ3n) is 2.92. The molecule has 1 aromatic rings. The maximum atomic E-state index is 10.9. The molecular weight excluding hydrogens is 218 g/mol. The number of carboxylic acids is 1. The van der Waals surface area contributed by atoms with Gasteiger partial charge < -0.3 is 10.8 Å². The molecule has 0 aliphatic carbocycles. The van der Waals surface area contributed by atoms with Gasteiger partial charge in [0.25, 0.3) is 0 Å². The maximum absolute atomic E-state index is 10.9. The van der Waals surface area contributed by atoms with Gasteiger partial charge in [0.05, 0.1) is 12.6 Å². The molecule has 0 fully saturated rings. The minimum Gasteiger partial charge on any atom is -0.481 e. The Morgan fingerprint density at radius 1 is 1.59 bits per heavy atom. The van der Waals surface area contributed by atoms with Crippen molar-refractivity contribution in [2.45, 2.75) is 51.6 Å². The average Bonchev–Trinajstić information content (AvgIpc) is 2.73. The Hall–Kier alpha value is -1.36. The number of nitrogens with zero attached hydrogens (tertiary/aromatic N) is 2. The highest BCUT2D eigenvalue weighted by molar-refractivity contribution is 5.68. The van der Waals surface area contributed by atoms with E-state index in [0.717, 1.165) is 24.9 Å². The van der Waals surface area contributed by atoms with Gasteiger partial charge in [0.1, 0.15) is 0 Å². The molecule has 2 unspecified atom stereocenters. The number of nitrogens with two attached hydrogens (primary N) is 1. The van der Waals surface area contributed by atoms with E-state index in [-0.39, 0.29) is 18.4 Å². The molecule has 0 spiro atoms. The summed E-state index contributed by atoms with van der Waals surface area (Å²) in [6.45, 7) is 4.89. The van der Waals surface area contributed by atoms with Crippen molar-refractivity contribution in [1.82, 2.24) is 9.78 Å². The highest BCUT2D eigenvalue weighted by Gasteiger charge is 2.22. The van der Waals surface area contributed by atoms with Crippen LogP contribution < -0.4 is 5.73 Å². The lowest BCUT2D eigenvalue weighted by molar-refractivity contribution is -0.137. The summed E-state index contributed by atoms with van der Waals surface area (Å²) in [5.74, 6) is -0.967. The number of aryl methyl sites for hydroxylation is 1. The third kappa shape index (κ3) is 3.85. The van der Waals surface area contributed by atoms with Crippen molar-refractivity contribution in [3.63, 3.8) is 0 Å². The zero-order valence-corrected chi connectivity index (χ0v) is 10.5. The van der Waals surface area contributed by atoms with Crippen LogP contribution in [0.2, 0.25) is 0 Å². The SMILES string of the molecule is CCCn1cc(C(CC(=O)O)C(N)CC)cn1. The van der Waals surface area contributed by atoms with Crippen molar-refractivity contribution >= 4 is 5.97 Å². The molecule has 0 radical (unpaired) electrons. The number of aliphatic carboxylic acids is 1. The number of rotatable bonds is 7. The topological polar surface area (TPSA) is 81.1 Å². The van der Waals surface area contributed by atoms with Crippen molar-refractivity contribution in [3.05, 3.63) is 18.0 Å². The summed E-state index contributed by atoms with van der Waals surface area (Å²) in [5.41, 5.74) is 6.91. The van der Waals surface area contributed by atoms with Crippen molar-refractivity contribution in [2.24, 2.45) is 5.73 Å². The van der Waals surface area contributed by atoms with Gasteiger partial charge in [-0.25, -0.2) is 0 Å². The van der Waals surface area contributed by atoms with Gasteiger partial charge in [-0.15, -0.1) is 0 Å². The first-order chi connectivity index (χ1) is 8.08. The molecule has 0 aromatic carbocycles. The zero-order chi connectivity index (χ0) is 12.8. The van der Waals surface area contributed by atoms with E-state index in [9.17, 15) is 4.79 Å². The zero-order valence-electron chi connectivity index (χ0n) is 10.5. The van der Waals surface area contributed by atoms with Gasteiger partial charge in [0, 0.05) is 24.7 Å². The maximum Gasteiger partial charge on any atom is 0.304 e. The number of hydrogen-bond donors (Lipinski definition) is 2. The molecule has 1 aromatic heterocycles. The second-order valence-corrected chi connectivity index (χ2v) is 4.31. The smallest absolute Gasteiger partial charge is 0.304 e. The first kappa shape index (κ1) is 13.7. The number of carboxylic acid groups (broad SMARTS) is 1. The molecule has 2 atom stereocenters. The fourth-order valence-electron chi connectivity index (χ4n) is 1.91. The summed E-state index contributed by atoms with van der Waals surface area (Å²) in [4.78, 5) is 10.9. The minimum atomic E-state index is -0.817. The van der Waals surface area contributed by atoms with Crippen LogP contribution in [0, 0.1) is 0 Å². The van der Waals surface area contributed by atoms with E-state index in [1.165, 1.54) is 0 Å². The number of hydrogen-bond acceptors (Lipinski definition) is 3. The molecule has 17 heavy (non-hydrogen) atoms. The Bertz CT molecular complexity index is 362. The third-order valence-corrected chi connectivity index (χ3v) is 2.92. The van der Waals surface area contributed by atoms with E-state index in [4.69, 9.17) is 10.8 Å². The molecule has 0 saturated heterocycles. The first-order valence-electron chi connectivity index (χ1n) is 6.08. The number of carbonyl (C=O) groups is 1. The molecule has 0 aliphatic heterocycles. The lowest BCUT2D eigenvalue weighted by Gasteiger charge is -2.19. The van der Waals surface area contributed by atoms with E-state index in [1.54, 1.807) is 6.20 Å². The molecule has 3 N–H and O–H groups in total. The molecule has 1 heterocycles. The van der Waals surface area contributed by atoms with Crippen LogP contribution in [-0.2, 0) is 11.3 Å². The number of aromatic nitrogens is 2. The van der Waals surface area contributed by atoms with Gasteiger partial charge in [0.2, 0.25) is 0 Å². The van der Waals surface area contributed by atoms with Crippen molar-refractivity contribution in [1.29, 1.82) is 0 Å². The van der Waals surface area contributed by atoms with E-state index in [2.05, 4.69) is 12.0 Å². The van der Waals surface area contributed by atoms with Crippen LogP contribution in [0.4, 0.5) is 0 Å². The molecule has 0 amide bonds. The molecule has 96 valence electrons. The van der Waals surface area contributed by atoms with Gasteiger partial charge in [-0.3, -0.25) is 9.48 Å². The Morgan fingerprint density at radius 3 is 2.82 bits per heavy atom. The monoisotopic (exact) mass is 239 g/mol. The van der Waals surface area contributed by atoms with E-state index in [1.807, 2.05) is 17.8 Å². The van der Waals surface area contributed by atoms with Crippen LogP contribution in [0.5, 0.6) is 0 Å². The Labute approximate surface area is 102 Å². The molecule has 0 saturated carbocycles. The molecule has 5 nitrogen and oxygen atoms in total. The summed E-state index contributed by atoms with van der Waals surface area (Å²) >= 11 is 0. The van der Waals surface area contributed by atoms with E-state index < -0.39 is 5.97 Å². The van der Waals surface area contributed by atoms with Gasteiger partial charge in [-0.2, -0.15) is 5.10 Å². The molecular formula is C12H21N3O2. The highest BCUT2D eigenvalue weighted by Crippen LogP contribution is 2.23. The fourth-order valence-corrected chi connectivity index (χ4v) is 1.91. The largest absolute Gasteiger partial charge is 0.481 e. The first-order valence-corrected chi connectivity index (χ1v) is 6.08. The van der Waals surface area contributed by atoms with Crippen LogP contribution in [0.1, 0.15) is 44.6 Å². The quantitative estimate of drug-likeness (QED) is 0.757. The normalized spacial score (nSPS) is 14.5. The second kappa shape index (κ2) is 6.39. The molecule has 0 bridgehead atoms. The van der Waals surface area contributed by atoms with Gasteiger partial charge in [-0.1, -0.05) is 13.8 Å². The Morgan fingerprint density at radius 2 is 2.29 bits per heavy atom. The predicted octanol–water partition coefficient (Wildman–Crippen LogP) is 1.59. The summed E-state index contributed by atoms with van der Waals surface area (Å²) in [6, 6.07) is -0.134. The lowest BCUT2D eigenvalue weighted by Crippen LogP contribution is -2.29. The van der Waals surface area contributed by atoms with Crippen molar-refractivity contribution in [2.75, 3.05) is 0 Å². The predicted molar refractivity (Wildman–Crippen MR) is 65.8 cm³/mol. The summed E-state index contributed by atoms with van der Waals surface area (Å²) in [7, 11) is 0. The molecule has 1 rings (SSSR count). The Balaban J connectivity index is 2.83. The molecule has 5 heteroatoms. The Kier molecular flexibility index (Phi) is 5.15. The highest BCUT2D eigenvalue weighted by atomic mass is 16.4. The van der Waals surface area contributed by atoms with E-state index >= 15 is 0 Å².